The molecule has 0 saturated carbocycles. The van der Waals surface area contributed by atoms with Gasteiger partial charge in [-0.2, -0.15) is 5.26 Å². The van der Waals surface area contributed by atoms with Crippen LogP contribution in [0, 0.1) is 11.3 Å². The van der Waals surface area contributed by atoms with Crippen LogP contribution in [-0.4, -0.2) is 56.6 Å². The van der Waals surface area contributed by atoms with E-state index in [4.69, 9.17) is 0 Å². The molecule has 0 radical (unpaired) electrons. The molecule has 20 heavy (non-hydrogen) atoms. The van der Waals surface area contributed by atoms with Gasteiger partial charge in [0.05, 0.1) is 6.07 Å². The smallest absolute Gasteiger partial charge is 0.124 e. The first-order chi connectivity index (χ1) is 9.52. The Bertz CT molecular complexity index is 474. The fraction of sp³-hybridized carbons (Fsp3) is 0.562. The molecule has 0 amide bonds. The normalized spacial score (nSPS) is 22.2. The van der Waals surface area contributed by atoms with Crippen molar-refractivity contribution in [2.75, 3.05) is 45.7 Å². The Labute approximate surface area is 122 Å². The van der Waals surface area contributed by atoms with Gasteiger partial charge in [-0.15, -0.1) is 0 Å². The molecular formula is C16H24N4. The molecule has 1 heterocycles. The summed E-state index contributed by atoms with van der Waals surface area (Å²) in [4.78, 5) is 6.71. The van der Waals surface area contributed by atoms with Crippen molar-refractivity contribution in [3.05, 3.63) is 29.8 Å². The van der Waals surface area contributed by atoms with Crippen molar-refractivity contribution < 1.29 is 0 Å². The standard InChI is InChI=1S/C16H24N4/c1-13-12-19(4)9-10-20(13)16(11-17)14-5-7-15(8-6-14)18(2)3/h5-8,13,16H,9-10,12H2,1-4H3. The van der Waals surface area contributed by atoms with Crippen molar-refractivity contribution in [2.45, 2.75) is 19.0 Å². The van der Waals surface area contributed by atoms with Gasteiger partial charge in [0.2, 0.25) is 0 Å². The molecule has 1 aliphatic heterocycles. The van der Waals surface area contributed by atoms with Crippen LogP contribution in [0.15, 0.2) is 24.3 Å². The highest BCUT2D eigenvalue weighted by molar-refractivity contribution is 5.47. The summed E-state index contributed by atoms with van der Waals surface area (Å²) >= 11 is 0. The van der Waals surface area contributed by atoms with Crippen LogP contribution in [0.3, 0.4) is 0 Å². The molecule has 1 aromatic carbocycles. The molecule has 1 fully saturated rings. The van der Waals surface area contributed by atoms with E-state index in [0.29, 0.717) is 6.04 Å². The lowest BCUT2D eigenvalue weighted by Crippen LogP contribution is -2.51. The Balaban J connectivity index is 2.18. The highest BCUT2D eigenvalue weighted by Gasteiger charge is 2.28. The second kappa shape index (κ2) is 6.25. The average Bonchev–Trinajstić information content (AvgIpc) is 2.42. The van der Waals surface area contributed by atoms with E-state index in [1.165, 1.54) is 0 Å². The van der Waals surface area contributed by atoms with Crippen LogP contribution in [0.2, 0.25) is 0 Å². The van der Waals surface area contributed by atoms with Crippen molar-refractivity contribution in [2.24, 2.45) is 0 Å². The predicted octanol–water partition coefficient (Wildman–Crippen LogP) is 1.95. The molecule has 2 rings (SSSR count). The van der Waals surface area contributed by atoms with Crippen LogP contribution in [0.25, 0.3) is 0 Å². The van der Waals surface area contributed by atoms with Crippen LogP contribution < -0.4 is 4.90 Å². The Morgan fingerprint density at radius 3 is 2.40 bits per heavy atom. The number of anilines is 1. The third-order valence-electron chi connectivity index (χ3n) is 4.06. The summed E-state index contributed by atoms with van der Waals surface area (Å²) in [6.07, 6.45) is 0. The van der Waals surface area contributed by atoms with Gasteiger partial charge in [0, 0.05) is 45.5 Å². The quantitative estimate of drug-likeness (QED) is 0.842. The summed E-state index contributed by atoms with van der Waals surface area (Å²) in [6.45, 7) is 5.20. The van der Waals surface area contributed by atoms with Gasteiger partial charge in [0.15, 0.2) is 0 Å². The topological polar surface area (TPSA) is 33.5 Å². The molecule has 108 valence electrons. The number of likely N-dealkylation sites (N-methyl/N-ethyl adjacent to an activating group) is 1. The fourth-order valence-corrected chi connectivity index (χ4v) is 2.83. The minimum absolute atomic E-state index is 0.144. The van der Waals surface area contributed by atoms with E-state index in [0.717, 1.165) is 30.9 Å². The number of benzene rings is 1. The monoisotopic (exact) mass is 272 g/mol. The van der Waals surface area contributed by atoms with E-state index in [-0.39, 0.29) is 6.04 Å². The Morgan fingerprint density at radius 1 is 1.25 bits per heavy atom. The summed E-state index contributed by atoms with van der Waals surface area (Å²) in [5.74, 6) is 0. The molecule has 4 heteroatoms. The number of rotatable bonds is 3. The molecule has 4 nitrogen and oxygen atoms in total. The zero-order chi connectivity index (χ0) is 14.7. The number of nitrogens with zero attached hydrogens (tertiary/aromatic N) is 4. The fourth-order valence-electron chi connectivity index (χ4n) is 2.83. The summed E-state index contributed by atoms with van der Waals surface area (Å²) in [7, 11) is 6.19. The van der Waals surface area contributed by atoms with E-state index in [9.17, 15) is 5.26 Å². The summed E-state index contributed by atoms with van der Waals surface area (Å²) in [5, 5.41) is 9.58. The summed E-state index contributed by atoms with van der Waals surface area (Å²) in [5.41, 5.74) is 2.26. The Hall–Kier alpha value is -1.57. The number of nitriles is 1. The van der Waals surface area contributed by atoms with E-state index in [1.54, 1.807) is 0 Å². The van der Waals surface area contributed by atoms with Gasteiger partial charge < -0.3 is 9.80 Å². The van der Waals surface area contributed by atoms with E-state index < -0.39 is 0 Å². The first-order valence-electron chi connectivity index (χ1n) is 7.14. The molecule has 0 spiro atoms. The van der Waals surface area contributed by atoms with Crippen LogP contribution in [0.1, 0.15) is 18.5 Å². The zero-order valence-corrected chi connectivity index (χ0v) is 12.9. The van der Waals surface area contributed by atoms with Crippen LogP contribution in [-0.2, 0) is 0 Å². The molecule has 0 N–H and O–H groups in total. The van der Waals surface area contributed by atoms with Crippen molar-refractivity contribution in [3.8, 4) is 6.07 Å². The van der Waals surface area contributed by atoms with Gasteiger partial charge in [-0.05, 0) is 31.7 Å². The molecule has 2 atom stereocenters. The van der Waals surface area contributed by atoms with Crippen molar-refractivity contribution in [3.63, 3.8) is 0 Å². The molecule has 0 aromatic heterocycles. The second-order valence-electron chi connectivity index (χ2n) is 5.87. The molecule has 2 unspecified atom stereocenters. The predicted molar refractivity (Wildman–Crippen MR) is 82.8 cm³/mol. The van der Waals surface area contributed by atoms with Crippen molar-refractivity contribution in [1.29, 1.82) is 5.26 Å². The maximum absolute atomic E-state index is 9.58. The molecule has 1 aromatic rings. The Kier molecular flexibility index (Phi) is 4.64. The first-order valence-corrected chi connectivity index (χ1v) is 7.14. The third-order valence-corrected chi connectivity index (χ3v) is 4.06. The van der Waals surface area contributed by atoms with E-state index in [1.807, 2.05) is 14.1 Å². The van der Waals surface area contributed by atoms with Crippen molar-refractivity contribution in [1.82, 2.24) is 9.80 Å². The lowest BCUT2D eigenvalue weighted by atomic mass is 10.0. The third kappa shape index (κ3) is 3.12. The molecule has 1 aliphatic rings. The molecule has 0 aliphatic carbocycles. The van der Waals surface area contributed by atoms with E-state index >= 15 is 0 Å². The van der Waals surface area contributed by atoms with Gasteiger partial charge in [-0.1, -0.05) is 12.1 Å². The summed E-state index contributed by atoms with van der Waals surface area (Å²) in [6, 6.07) is 11.1. The molecule has 0 bridgehead atoms. The van der Waals surface area contributed by atoms with Gasteiger partial charge in [0.1, 0.15) is 6.04 Å². The van der Waals surface area contributed by atoms with Crippen LogP contribution in [0.4, 0.5) is 5.69 Å². The molecular weight excluding hydrogens is 248 g/mol. The number of piperazine rings is 1. The zero-order valence-electron chi connectivity index (χ0n) is 12.9. The lowest BCUT2D eigenvalue weighted by molar-refractivity contribution is 0.0797. The largest absolute Gasteiger partial charge is 0.378 e. The van der Waals surface area contributed by atoms with Gasteiger partial charge >= 0.3 is 0 Å². The minimum atomic E-state index is -0.144. The highest BCUT2D eigenvalue weighted by atomic mass is 15.3. The minimum Gasteiger partial charge on any atom is -0.378 e. The maximum atomic E-state index is 9.58. The van der Waals surface area contributed by atoms with Gasteiger partial charge in [-0.25, -0.2) is 0 Å². The van der Waals surface area contributed by atoms with Crippen LogP contribution in [0.5, 0.6) is 0 Å². The SMILES string of the molecule is CC1CN(C)CCN1C(C#N)c1ccc(N(C)C)cc1. The number of hydrogen-bond donors (Lipinski definition) is 0. The summed E-state index contributed by atoms with van der Waals surface area (Å²) < 4.78 is 0. The molecule has 1 saturated heterocycles. The van der Waals surface area contributed by atoms with Gasteiger partial charge in [0.25, 0.3) is 0 Å². The van der Waals surface area contributed by atoms with Crippen molar-refractivity contribution >= 4 is 5.69 Å². The Morgan fingerprint density at radius 2 is 1.90 bits per heavy atom. The van der Waals surface area contributed by atoms with Gasteiger partial charge in [-0.3, -0.25) is 4.90 Å². The maximum Gasteiger partial charge on any atom is 0.124 e. The van der Waals surface area contributed by atoms with Crippen LogP contribution >= 0.6 is 0 Å². The highest BCUT2D eigenvalue weighted by Crippen LogP contribution is 2.26. The average molecular weight is 272 g/mol. The second-order valence-corrected chi connectivity index (χ2v) is 5.87. The first kappa shape index (κ1) is 14.8. The number of hydrogen-bond acceptors (Lipinski definition) is 4. The lowest BCUT2D eigenvalue weighted by Gasteiger charge is -2.40. The van der Waals surface area contributed by atoms with E-state index in [2.05, 4.69) is 59.0 Å².